The molecule has 1 aliphatic heterocycles. The van der Waals surface area contributed by atoms with Crippen LogP contribution in [-0.2, 0) is 26.1 Å². The Kier molecular flexibility index (Phi) is 7.21. The lowest BCUT2D eigenvalue weighted by Gasteiger charge is -2.19. The second kappa shape index (κ2) is 10.5. The zero-order valence-corrected chi connectivity index (χ0v) is 19.8. The van der Waals surface area contributed by atoms with Gasteiger partial charge in [-0.1, -0.05) is 42.5 Å². The molecule has 1 N–H and O–H groups in total. The Balaban J connectivity index is 1.43. The van der Waals surface area contributed by atoms with E-state index in [2.05, 4.69) is 4.72 Å². The largest absolute Gasteiger partial charge is 0.486 e. The van der Waals surface area contributed by atoms with Gasteiger partial charge in [0.05, 0.1) is 16.1 Å². The number of carbonyl (C=O) groups is 2. The van der Waals surface area contributed by atoms with E-state index in [1.165, 1.54) is 35.2 Å². The van der Waals surface area contributed by atoms with Crippen LogP contribution in [0.5, 0.6) is 11.5 Å². The molecule has 1 aliphatic rings. The first-order chi connectivity index (χ1) is 16.8. The van der Waals surface area contributed by atoms with E-state index in [0.717, 1.165) is 5.56 Å². The molecule has 182 valence electrons. The molecule has 0 spiro atoms. The number of fused-ring (bicyclic) bond motifs is 1. The number of nitrogens with zero attached hydrogens (tertiary/aromatic N) is 1. The maximum atomic E-state index is 13.0. The van der Waals surface area contributed by atoms with Crippen LogP contribution in [0.1, 0.15) is 15.9 Å². The summed E-state index contributed by atoms with van der Waals surface area (Å²) in [6.07, 6.45) is 0. The number of para-hydroxylation sites is 1. The Bertz CT molecular complexity index is 1330. The summed E-state index contributed by atoms with van der Waals surface area (Å²) in [5.74, 6) is -0.436. The van der Waals surface area contributed by atoms with Crippen molar-refractivity contribution in [3.63, 3.8) is 0 Å². The predicted molar refractivity (Wildman–Crippen MR) is 128 cm³/mol. The fourth-order valence-electron chi connectivity index (χ4n) is 3.41. The number of likely N-dealkylation sites (N-methyl/N-ethyl adjacent to an activating group) is 1. The molecule has 10 heteroatoms. The van der Waals surface area contributed by atoms with Gasteiger partial charge in [0.25, 0.3) is 15.9 Å². The number of amides is 1. The predicted octanol–water partition coefficient (Wildman–Crippen LogP) is 3.07. The Hall–Kier alpha value is -4.05. The van der Waals surface area contributed by atoms with Gasteiger partial charge in [-0.3, -0.25) is 9.52 Å². The molecule has 1 heterocycles. The van der Waals surface area contributed by atoms with Gasteiger partial charge in [0.1, 0.15) is 13.2 Å². The molecule has 0 aliphatic carbocycles. The van der Waals surface area contributed by atoms with Crippen molar-refractivity contribution in [2.45, 2.75) is 11.4 Å². The molecule has 0 bridgehead atoms. The molecule has 3 aromatic carbocycles. The van der Waals surface area contributed by atoms with E-state index < -0.39 is 28.5 Å². The third-order valence-electron chi connectivity index (χ3n) is 5.23. The van der Waals surface area contributed by atoms with Gasteiger partial charge in [0, 0.05) is 19.7 Å². The summed E-state index contributed by atoms with van der Waals surface area (Å²) in [7, 11) is -2.44. The van der Waals surface area contributed by atoms with Crippen LogP contribution in [0.3, 0.4) is 0 Å². The molecule has 0 fully saturated rings. The van der Waals surface area contributed by atoms with Crippen molar-refractivity contribution in [3.05, 3.63) is 83.9 Å². The summed E-state index contributed by atoms with van der Waals surface area (Å²) >= 11 is 0. The molecule has 0 atom stereocenters. The molecular weight excluding hydrogens is 472 g/mol. The molecule has 9 nitrogen and oxygen atoms in total. The van der Waals surface area contributed by atoms with Crippen LogP contribution >= 0.6 is 0 Å². The van der Waals surface area contributed by atoms with E-state index >= 15 is 0 Å². The van der Waals surface area contributed by atoms with Crippen molar-refractivity contribution in [1.29, 1.82) is 0 Å². The van der Waals surface area contributed by atoms with Gasteiger partial charge in [-0.05, 0) is 29.8 Å². The zero-order valence-electron chi connectivity index (χ0n) is 19.0. The highest BCUT2D eigenvalue weighted by atomic mass is 32.2. The maximum Gasteiger partial charge on any atom is 0.340 e. The summed E-state index contributed by atoms with van der Waals surface area (Å²) < 4.78 is 44.4. The molecule has 3 aromatic rings. The normalized spacial score (nSPS) is 12.5. The van der Waals surface area contributed by atoms with Gasteiger partial charge in [-0.15, -0.1) is 0 Å². The third-order valence-corrected chi connectivity index (χ3v) is 6.59. The number of nitrogens with one attached hydrogen (secondary N) is 1. The number of hydrogen-bond acceptors (Lipinski definition) is 7. The van der Waals surface area contributed by atoms with Crippen LogP contribution < -0.4 is 14.2 Å². The SMILES string of the molecule is CN(Cc1ccccc1)C(=O)COC(=O)c1ccccc1NS(=O)(=O)c1ccc2c(c1)OCCO2. The molecule has 35 heavy (non-hydrogen) atoms. The first-order valence-electron chi connectivity index (χ1n) is 10.8. The number of hydrogen-bond donors (Lipinski definition) is 1. The maximum absolute atomic E-state index is 13.0. The lowest BCUT2D eigenvalue weighted by atomic mass is 10.2. The number of ether oxygens (including phenoxy) is 3. The molecule has 0 radical (unpaired) electrons. The zero-order chi connectivity index (χ0) is 24.8. The lowest BCUT2D eigenvalue weighted by molar-refractivity contribution is -0.133. The second-order valence-electron chi connectivity index (χ2n) is 7.77. The Morgan fingerprint density at radius 1 is 0.943 bits per heavy atom. The van der Waals surface area contributed by atoms with Crippen molar-refractivity contribution in [2.75, 3.05) is 31.6 Å². The van der Waals surface area contributed by atoms with E-state index in [1.54, 1.807) is 19.2 Å². The topological polar surface area (TPSA) is 111 Å². The van der Waals surface area contributed by atoms with Crippen LogP contribution in [0.4, 0.5) is 5.69 Å². The van der Waals surface area contributed by atoms with Gasteiger partial charge < -0.3 is 19.1 Å². The molecule has 0 saturated heterocycles. The third kappa shape index (κ3) is 5.90. The van der Waals surface area contributed by atoms with E-state index in [-0.39, 0.29) is 16.1 Å². The Labute approximate surface area is 203 Å². The number of esters is 1. The number of rotatable bonds is 8. The van der Waals surface area contributed by atoms with Crippen LogP contribution in [0.15, 0.2) is 77.7 Å². The summed E-state index contributed by atoms with van der Waals surface area (Å²) in [4.78, 5) is 26.5. The average Bonchev–Trinajstić information content (AvgIpc) is 2.87. The molecule has 4 rings (SSSR count). The summed E-state index contributed by atoms with van der Waals surface area (Å²) in [5.41, 5.74) is 0.943. The smallest absolute Gasteiger partial charge is 0.340 e. The fourth-order valence-corrected chi connectivity index (χ4v) is 4.50. The standard InChI is InChI=1S/C25H24N2O7S/c1-27(16-18-7-3-2-4-8-18)24(28)17-34-25(29)20-9-5-6-10-21(20)26-35(30,31)19-11-12-22-23(15-19)33-14-13-32-22/h2-12,15,26H,13-14,16-17H2,1H3. The van der Waals surface area contributed by atoms with Crippen molar-refractivity contribution >= 4 is 27.6 Å². The van der Waals surface area contributed by atoms with Gasteiger partial charge in [-0.2, -0.15) is 0 Å². The number of anilines is 1. The summed E-state index contributed by atoms with van der Waals surface area (Å²) in [6, 6.07) is 19.7. The van der Waals surface area contributed by atoms with Gasteiger partial charge in [-0.25, -0.2) is 13.2 Å². The quantitative estimate of drug-likeness (QED) is 0.477. The minimum absolute atomic E-state index is 0.0212. The number of carbonyl (C=O) groups excluding carboxylic acids is 2. The van der Waals surface area contributed by atoms with Gasteiger partial charge >= 0.3 is 5.97 Å². The molecular formula is C25H24N2O7S. The Morgan fingerprint density at radius 2 is 1.63 bits per heavy atom. The monoisotopic (exact) mass is 496 g/mol. The highest BCUT2D eigenvalue weighted by Gasteiger charge is 2.23. The molecule has 0 saturated carbocycles. The minimum atomic E-state index is -4.05. The highest BCUT2D eigenvalue weighted by Crippen LogP contribution is 2.33. The fraction of sp³-hybridized carbons (Fsp3) is 0.200. The molecule has 0 aromatic heterocycles. The second-order valence-corrected chi connectivity index (χ2v) is 9.45. The van der Waals surface area contributed by atoms with Crippen LogP contribution in [0, 0.1) is 0 Å². The van der Waals surface area contributed by atoms with Crippen molar-refractivity contribution in [1.82, 2.24) is 4.90 Å². The van der Waals surface area contributed by atoms with E-state index in [9.17, 15) is 18.0 Å². The first kappa shape index (κ1) is 24.1. The minimum Gasteiger partial charge on any atom is -0.486 e. The van der Waals surface area contributed by atoms with E-state index in [4.69, 9.17) is 14.2 Å². The summed E-state index contributed by atoms with van der Waals surface area (Å²) in [5, 5.41) is 0. The van der Waals surface area contributed by atoms with Gasteiger partial charge in [0.2, 0.25) is 0 Å². The highest BCUT2D eigenvalue weighted by molar-refractivity contribution is 7.92. The Morgan fingerprint density at radius 3 is 2.40 bits per heavy atom. The first-order valence-corrected chi connectivity index (χ1v) is 12.3. The van der Waals surface area contributed by atoms with E-state index in [0.29, 0.717) is 31.3 Å². The lowest BCUT2D eigenvalue weighted by Crippen LogP contribution is -2.31. The molecule has 0 unspecified atom stereocenters. The van der Waals surface area contributed by atoms with Crippen LogP contribution in [0.2, 0.25) is 0 Å². The van der Waals surface area contributed by atoms with Crippen LogP contribution in [-0.4, -0.2) is 52.1 Å². The number of benzene rings is 3. The van der Waals surface area contributed by atoms with Crippen molar-refractivity contribution in [3.8, 4) is 11.5 Å². The average molecular weight is 497 g/mol. The van der Waals surface area contributed by atoms with Gasteiger partial charge in [0.15, 0.2) is 18.1 Å². The van der Waals surface area contributed by atoms with Crippen molar-refractivity contribution < 1.29 is 32.2 Å². The van der Waals surface area contributed by atoms with E-state index in [1.807, 2.05) is 30.3 Å². The summed E-state index contributed by atoms with van der Waals surface area (Å²) in [6.45, 7) is 0.587. The van der Waals surface area contributed by atoms with Crippen LogP contribution in [0.25, 0.3) is 0 Å². The number of sulfonamides is 1. The van der Waals surface area contributed by atoms with Crippen molar-refractivity contribution in [2.24, 2.45) is 0 Å². The molecule has 1 amide bonds.